The summed E-state index contributed by atoms with van der Waals surface area (Å²) >= 11 is 0. The van der Waals surface area contributed by atoms with Crippen molar-refractivity contribution in [3.8, 4) is 0 Å². The summed E-state index contributed by atoms with van der Waals surface area (Å²) in [5, 5.41) is 18.4. The van der Waals surface area contributed by atoms with Gasteiger partial charge in [0.2, 0.25) is 0 Å². The number of hydrogen-bond donors (Lipinski definition) is 2. The van der Waals surface area contributed by atoms with Gasteiger partial charge in [0.25, 0.3) is 0 Å². The van der Waals surface area contributed by atoms with E-state index in [0.29, 0.717) is 0 Å². The average Bonchev–Trinajstić information content (AvgIpc) is 2.06. The molecule has 1 saturated carbocycles. The van der Waals surface area contributed by atoms with Gasteiger partial charge in [-0.3, -0.25) is 0 Å². The predicted molar refractivity (Wildman–Crippen MR) is 44.8 cm³/mol. The third kappa shape index (κ3) is 1.78. The molecule has 0 saturated heterocycles. The first kappa shape index (κ1) is 9.52. The summed E-state index contributed by atoms with van der Waals surface area (Å²) in [5.41, 5.74) is -1.51. The molecule has 0 amide bonds. The second-order valence-corrected chi connectivity index (χ2v) is 3.79. The van der Waals surface area contributed by atoms with Gasteiger partial charge in [0.15, 0.2) is 5.60 Å². The predicted octanol–water partition coefficient (Wildman–Crippen LogP) is 1.40. The van der Waals surface area contributed by atoms with Gasteiger partial charge in [0, 0.05) is 0 Å². The fourth-order valence-electron chi connectivity index (χ4n) is 1.84. The summed E-state index contributed by atoms with van der Waals surface area (Å²) in [6, 6.07) is 0. The summed E-state index contributed by atoms with van der Waals surface area (Å²) in [7, 11) is 0. The van der Waals surface area contributed by atoms with E-state index < -0.39 is 11.6 Å². The molecule has 0 aromatic heterocycles. The van der Waals surface area contributed by atoms with E-state index in [2.05, 4.69) is 0 Å². The first-order valence-electron chi connectivity index (χ1n) is 4.51. The van der Waals surface area contributed by atoms with Crippen molar-refractivity contribution >= 4 is 5.97 Å². The maximum Gasteiger partial charge on any atom is 0.335 e. The Morgan fingerprint density at radius 1 is 1.33 bits per heavy atom. The number of carboxylic acid groups (broad SMARTS) is 1. The molecule has 0 bridgehead atoms. The lowest BCUT2D eigenvalue weighted by molar-refractivity contribution is -0.163. The van der Waals surface area contributed by atoms with Crippen molar-refractivity contribution in [1.82, 2.24) is 0 Å². The van der Waals surface area contributed by atoms with Crippen LogP contribution in [0.1, 0.15) is 39.0 Å². The summed E-state index contributed by atoms with van der Waals surface area (Å²) < 4.78 is 0. The van der Waals surface area contributed by atoms with Crippen molar-refractivity contribution < 1.29 is 15.0 Å². The van der Waals surface area contributed by atoms with Gasteiger partial charge in [-0.25, -0.2) is 4.79 Å². The second-order valence-electron chi connectivity index (χ2n) is 3.79. The molecule has 0 spiro atoms. The van der Waals surface area contributed by atoms with E-state index in [-0.39, 0.29) is 5.92 Å². The zero-order valence-corrected chi connectivity index (χ0v) is 7.42. The van der Waals surface area contributed by atoms with Crippen LogP contribution in [0.15, 0.2) is 0 Å². The Kier molecular flexibility index (Phi) is 2.73. The van der Waals surface area contributed by atoms with Crippen molar-refractivity contribution in [2.75, 3.05) is 0 Å². The van der Waals surface area contributed by atoms with Crippen LogP contribution in [0.4, 0.5) is 0 Å². The number of carboxylic acids is 1. The zero-order chi connectivity index (χ0) is 9.19. The number of aliphatic carboxylic acids is 1. The molecule has 0 aliphatic heterocycles. The van der Waals surface area contributed by atoms with Crippen LogP contribution in [0.3, 0.4) is 0 Å². The van der Waals surface area contributed by atoms with Crippen LogP contribution in [0, 0.1) is 5.92 Å². The molecular formula is C9H16O3. The largest absolute Gasteiger partial charge is 0.479 e. The Hall–Kier alpha value is -0.570. The molecule has 3 heteroatoms. The smallest absolute Gasteiger partial charge is 0.335 e. The lowest BCUT2D eigenvalue weighted by atomic mass is 9.78. The fraction of sp³-hybridized carbons (Fsp3) is 0.889. The Morgan fingerprint density at radius 2 is 1.83 bits per heavy atom. The molecular weight excluding hydrogens is 156 g/mol. The highest BCUT2D eigenvalue weighted by atomic mass is 16.4. The van der Waals surface area contributed by atoms with Gasteiger partial charge in [0.1, 0.15) is 0 Å². The van der Waals surface area contributed by atoms with E-state index in [1.165, 1.54) is 13.3 Å². The van der Waals surface area contributed by atoms with Crippen molar-refractivity contribution in [2.45, 2.75) is 44.6 Å². The molecule has 0 radical (unpaired) electrons. The fourth-order valence-corrected chi connectivity index (χ4v) is 1.84. The topological polar surface area (TPSA) is 57.5 Å². The maximum atomic E-state index is 10.7. The quantitative estimate of drug-likeness (QED) is 0.662. The molecule has 0 heterocycles. The van der Waals surface area contributed by atoms with Crippen molar-refractivity contribution in [3.05, 3.63) is 0 Å². The molecule has 2 N–H and O–H groups in total. The lowest BCUT2D eigenvalue weighted by Gasteiger charge is -2.31. The van der Waals surface area contributed by atoms with E-state index in [4.69, 9.17) is 5.11 Å². The third-order valence-electron chi connectivity index (χ3n) is 2.83. The lowest BCUT2D eigenvalue weighted by Crippen LogP contribution is -2.43. The Morgan fingerprint density at radius 3 is 2.25 bits per heavy atom. The monoisotopic (exact) mass is 172 g/mol. The van der Waals surface area contributed by atoms with Crippen LogP contribution in [0.5, 0.6) is 0 Å². The van der Waals surface area contributed by atoms with Crippen LogP contribution in [-0.4, -0.2) is 21.8 Å². The zero-order valence-electron chi connectivity index (χ0n) is 7.42. The average molecular weight is 172 g/mol. The highest BCUT2D eigenvalue weighted by Crippen LogP contribution is 2.32. The molecule has 1 atom stereocenters. The van der Waals surface area contributed by atoms with Gasteiger partial charge in [-0.1, -0.05) is 19.3 Å². The molecule has 1 rings (SSSR count). The Bertz CT molecular complexity index is 169. The van der Waals surface area contributed by atoms with Gasteiger partial charge in [-0.2, -0.15) is 0 Å². The number of carbonyl (C=O) groups is 1. The first-order chi connectivity index (χ1) is 5.55. The SMILES string of the molecule is C[C@](O)(C(=O)O)C1CCCCC1. The minimum Gasteiger partial charge on any atom is -0.479 e. The molecule has 0 aromatic rings. The van der Waals surface area contributed by atoms with E-state index in [9.17, 15) is 9.90 Å². The number of hydrogen-bond acceptors (Lipinski definition) is 2. The highest BCUT2D eigenvalue weighted by molar-refractivity contribution is 5.76. The maximum absolute atomic E-state index is 10.7. The van der Waals surface area contributed by atoms with Gasteiger partial charge in [-0.05, 0) is 25.7 Å². The molecule has 0 unspecified atom stereocenters. The second kappa shape index (κ2) is 3.44. The van der Waals surface area contributed by atoms with Crippen LogP contribution in [-0.2, 0) is 4.79 Å². The number of rotatable bonds is 2. The Balaban J connectivity index is 2.59. The Labute approximate surface area is 72.4 Å². The van der Waals surface area contributed by atoms with Gasteiger partial charge in [0.05, 0.1) is 0 Å². The van der Waals surface area contributed by atoms with Gasteiger partial charge >= 0.3 is 5.97 Å². The number of aliphatic hydroxyl groups is 1. The van der Waals surface area contributed by atoms with Crippen molar-refractivity contribution in [2.24, 2.45) is 5.92 Å². The van der Waals surface area contributed by atoms with Crippen LogP contribution >= 0.6 is 0 Å². The van der Waals surface area contributed by atoms with E-state index in [1.807, 2.05) is 0 Å². The van der Waals surface area contributed by atoms with Gasteiger partial charge < -0.3 is 10.2 Å². The molecule has 70 valence electrons. The molecule has 0 aromatic carbocycles. The standard InChI is InChI=1S/C9H16O3/c1-9(12,8(10)11)7-5-3-2-4-6-7/h7,12H,2-6H2,1H3,(H,10,11)/t9-/m1/s1. The van der Waals surface area contributed by atoms with E-state index in [1.54, 1.807) is 0 Å². The minimum atomic E-state index is -1.51. The van der Waals surface area contributed by atoms with E-state index in [0.717, 1.165) is 25.7 Å². The van der Waals surface area contributed by atoms with E-state index >= 15 is 0 Å². The van der Waals surface area contributed by atoms with Gasteiger partial charge in [-0.15, -0.1) is 0 Å². The molecule has 1 aliphatic rings. The molecule has 3 nitrogen and oxygen atoms in total. The molecule has 12 heavy (non-hydrogen) atoms. The first-order valence-corrected chi connectivity index (χ1v) is 4.51. The third-order valence-corrected chi connectivity index (χ3v) is 2.83. The molecule has 1 fully saturated rings. The highest BCUT2D eigenvalue weighted by Gasteiger charge is 2.39. The summed E-state index contributed by atoms with van der Waals surface area (Å²) in [4.78, 5) is 10.7. The minimum absolute atomic E-state index is 0.0521. The summed E-state index contributed by atoms with van der Waals surface area (Å²) in [5.74, 6) is -1.14. The summed E-state index contributed by atoms with van der Waals surface area (Å²) in [6.07, 6.45) is 4.97. The van der Waals surface area contributed by atoms with Crippen LogP contribution < -0.4 is 0 Å². The van der Waals surface area contributed by atoms with Crippen molar-refractivity contribution in [1.29, 1.82) is 0 Å². The van der Waals surface area contributed by atoms with Crippen LogP contribution in [0.2, 0.25) is 0 Å². The van der Waals surface area contributed by atoms with Crippen molar-refractivity contribution in [3.63, 3.8) is 0 Å². The van der Waals surface area contributed by atoms with Crippen LogP contribution in [0.25, 0.3) is 0 Å². The normalized spacial score (nSPS) is 24.8. The summed E-state index contributed by atoms with van der Waals surface area (Å²) in [6.45, 7) is 1.41. The molecule has 1 aliphatic carbocycles.